The lowest BCUT2D eigenvalue weighted by Gasteiger charge is -2.11. The number of hydrogen-bond donors (Lipinski definition) is 2. The van der Waals surface area contributed by atoms with E-state index in [1.54, 1.807) is 56.7 Å². The summed E-state index contributed by atoms with van der Waals surface area (Å²) >= 11 is 0. The second-order valence-electron chi connectivity index (χ2n) is 4.80. The van der Waals surface area contributed by atoms with Gasteiger partial charge < -0.3 is 19.9 Å². The molecule has 0 aliphatic heterocycles. The highest BCUT2D eigenvalue weighted by atomic mass is 16.5. The van der Waals surface area contributed by atoms with E-state index in [-0.39, 0.29) is 18.1 Å². The summed E-state index contributed by atoms with van der Waals surface area (Å²) in [5.41, 5.74) is 1.69. The number of amides is 1. The molecule has 1 amide bonds. The molecule has 5 nitrogen and oxygen atoms in total. The number of nitrogens with one attached hydrogen (secondary N) is 1. The normalized spacial score (nSPS) is 10.1. The number of carbonyl (C=O) groups is 1. The van der Waals surface area contributed by atoms with Crippen LogP contribution in [0.5, 0.6) is 17.2 Å². The summed E-state index contributed by atoms with van der Waals surface area (Å²) in [6, 6.07) is 12.1. The molecule has 2 N–H and O–H groups in total. The van der Waals surface area contributed by atoms with Crippen molar-refractivity contribution in [3.05, 3.63) is 53.6 Å². The van der Waals surface area contributed by atoms with Gasteiger partial charge in [-0.3, -0.25) is 4.79 Å². The third-order valence-corrected chi connectivity index (χ3v) is 3.26. The van der Waals surface area contributed by atoms with Crippen LogP contribution in [0.4, 0.5) is 0 Å². The quantitative estimate of drug-likeness (QED) is 0.859. The number of aromatic hydroxyl groups is 1. The highest BCUT2D eigenvalue weighted by molar-refractivity contribution is 5.79. The fourth-order valence-electron chi connectivity index (χ4n) is 2.07. The van der Waals surface area contributed by atoms with E-state index in [0.29, 0.717) is 18.0 Å². The Kier molecular flexibility index (Phi) is 5.25. The average Bonchev–Trinajstić information content (AvgIpc) is 2.54. The van der Waals surface area contributed by atoms with Crippen molar-refractivity contribution in [1.82, 2.24) is 5.32 Å². The smallest absolute Gasteiger partial charge is 0.224 e. The van der Waals surface area contributed by atoms with Gasteiger partial charge in [-0.25, -0.2) is 0 Å². The number of phenols is 1. The second kappa shape index (κ2) is 7.36. The molecule has 0 spiro atoms. The number of rotatable bonds is 6. The van der Waals surface area contributed by atoms with Crippen molar-refractivity contribution in [2.24, 2.45) is 0 Å². The summed E-state index contributed by atoms with van der Waals surface area (Å²) in [5.74, 6) is 1.43. The Balaban J connectivity index is 1.98. The molecule has 2 aromatic rings. The minimum atomic E-state index is -0.111. The Labute approximate surface area is 129 Å². The lowest BCUT2D eigenvalue weighted by Crippen LogP contribution is -2.24. The molecular weight excluding hydrogens is 282 g/mol. The van der Waals surface area contributed by atoms with E-state index in [2.05, 4.69) is 5.32 Å². The van der Waals surface area contributed by atoms with Gasteiger partial charge in [-0.05, 0) is 35.9 Å². The standard InChI is InChI=1S/C17H19NO4/c1-21-15-7-8-16(22-2)13(9-15)10-17(20)18-11-12-3-5-14(19)6-4-12/h3-9,19H,10-11H2,1-2H3,(H,18,20). The van der Waals surface area contributed by atoms with Crippen LogP contribution in [-0.2, 0) is 17.8 Å². The van der Waals surface area contributed by atoms with Gasteiger partial charge in [0.2, 0.25) is 5.91 Å². The van der Waals surface area contributed by atoms with E-state index in [0.717, 1.165) is 11.1 Å². The molecule has 0 aromatic heterocycles. The topological polar surface area (TPSA) is 67.8 Å². The minimum absolute atomic E-state index is 0.111. The zero-order chi connectivity index (χ0) is 15.9. The Morgan fingerprint density at radius 3 is 2.45 bits per heavy atom. The van der Waals surface area contributed by atoms with Gasteiger partial charge in [0.1, 0.15) is 17.2 Å². The largest absolute Gasteiger partial charge is 0.508 e. The summed E-state index contributed by atoms with van der Waals surface area (Å²) in [6.07, 6.45) is 0.207. The first kappa shape index (κ1) is 15.7. The molecule has 0 atom stereocenters. The predicted octanol–water partition coefficient (Wildman–Crippen LogP) is 2.27. The molecule has 0 radical (unpaired) electrons. The summed E-state index contributed by atoms with van der Waals surface area (Å²) in [6.45, 7) is 0.408. The maximum atomic E-state index is 12.1. The number of hydrogen-bond acceptors (Lipinski definition) is 4. The summed E-state index contributed by atoms with van der Waals surface area (Å²) < 4.78 is 10.4. The van der Waals surface area contributed by atoms with Gasteiger partial charge in [0.25, 0.3) is 0 Å². The monoisotopic (exact) mass is 301 g/mol. The van der Waals surface area contributed by atoms with Crippen LogP contribution in [0.15, 0.2) is 42.5 Å². The molecule has 0 fully saturated rings. The molecule has 22 heavy (non-hydrogen) atoms. The molecule has 0 bridgehead atoms. The SMILES string of the molecule is COc1ccc(OC)c(CC(=O)NCc2ccc(O)cc2)c1. The van der Waals surface area contributed by atoms with Crippen LogP contribution >= 0.6 is 0 Å². The highest BCUT2D eigenvalue weighted by Crippen LogP contribution is 2.24. The van der Waals surface area contributed by atoms with Gasteiger partial charge in [0, 0.05) is 12.1 Å². The number of ether oxygens (including phenoxy) is 2. The van der Waals surface area contributed by atoms with Crippen molar-refractivity contribution in [3.8, 4) is 17.2 Å². The van der Waals surface area contributed by atoms with Crippen LogP contribution < -0.4 is 14.8 Å². The maximum absolute atomic E-state index is 12.1. The molecule has 0 saturated carbocycles. The van der Waals surface area contributed by atoms with Gasteiger partial charge in [-0.2, -0.15) is 0 Å². The Bertz CT molecular complexity index is 638. The second-order valence-corrected chi connectivity index (χ2v) is 4.80. The minimum Gasteiger partial charge on any atom is -0.508 e. The molecular formula is C17H19NO4. The molecule has 2 rings (SSSR count). The van der Waals surface area contributed by atoms with E-state index in [9.17, 15) is 9.90 Å². The zero-order valence-electron chi connectivity index (χ0n) is 12.6. The molecule has 2 aromatic carbocycles. The number of carbonyl (C=O) groups excluding carboxylic acids is 1. The Hall–Kier alpha value is -2.69. The third kappa shape index (κ3) is 4.15. The fraction of sp³-hybridized carbons (Fsp3) is 0.235. The van der Waals surface area contributed by atoms with Crippen LogP contribution in [0.25, 0.3) is 0 Å². The fourth-order valence-corrected chi connectivity index (χ4v) is 2.07. The first-order valence-corrected chi connectivity index (χ1v) is 6.88. The van der Waals surface area contributed by atoms with Crippen molar-refractivity contribution in [2.75, 3.05) is 14.2 Å². The average molecular weight is 301 g/mol. The number of benzene rings is 2. The zero-order valence-corrected chi connectivity index (χ0v) is 12.6. The lowest BCUT2D eigenvalue weighted by molar-refractivity contribution is -0.120. The van der Waals surface area contributed by atoms with Gasteiger partial charge in [-0.15, -0.1) is 0 Å². The van der Waals surface area contributed by atoms with Crippen molar-refractivity contribution in [1.29, 1.82) is 0 Å². The molecule has 0 aliphatic carbocycles. The van der Waals surface area contributed by atoms with Gasteiger partial charge in [0.15, 0.2) is 0 Å². The van der Waals surface area contributed by atoms with Crippen LogP contribution in [0.1, 0.15) is 11.1 Å². The maximum Gasteiger partial charge on any atom is 0.224 e. The molecule has 0 unspecified atom stereocenters. The first-order valence-electron chi connectivity index (χ1n) is 6.88. The molecule has 5 heteroatoms. The van der Waals surface area contributed by atoms with Crippen molar-refractivity contribution < 1.29 is 19.4 Å². The van der Waals surface area contributed by atoms with Crippen molar-refractivity contribution in [3.63, 3.8) is 0 Å². The Morgan fingerprint density at radius 1 is 1.09 bits per heavy atom. The van der Waals surface area contributed by atoms with Crippen molar-refractivity contribution in [2.45, 2.75) is 13.0 Å². The van der Waals surface area contributed by atoms with Crippen LogP contribution in [0.3, 0.4) is 0 Å². The van der Waals surface area contributed by atoms with Gasteiger partial charge in [-0.1, -0.05) is 12.1 Å². The molecule has 0 saturated heterocycles. The summed E-state index contributed by atoms with van der Waals surface area (Å²) in [4.78, 5) is 12.1. The van der Waals surface area contributed by atoms with Crippen molar-refractivity contribution >= 4 is 5.91 Å². The Morgan fingerprint density at radius 2 is 1.82 bits per heavy atom. The summed E-state index contributed by atoms with van der Waals surface area (Å²) in [7, 11) is 3.15. The predicted molar refractivity (Wildman–Crippen MR) is 83.2 cm³/mol. The summed E-state index contributed by atoms with van der Waals surface area (Å²) in [5, 5.41) is 12.1. The highest BCUT2D eigenvalue weighted by Gasteiger charge is 2.10. The van der Waals surface area contributed by atoms with E-state index in [1.807, 2.05) is 0 Å². The molecule has 116 valence electrons. The van der Waals surface area contributed by atoms with E-state index < -0.39 is 0 Å². The molecule has 0 aliphatic rings. The molecule has 0 heterocycles. The number of methoxy groups -OCH3 is 2. The first-order chi connectivity index (χ1) is 10.6. The van der Waals surface area contributed by atoms with E-state index in [4.69, 9.17) is 9.47 Å². The van der Waals surface area contributed by atoms with Gasteiger partial charge >= 0.3 is 0 Å². The number of phenolic OH excluding ortho intramolecular Hbond substituents is 1. The van der Waals surface area contributed by atoms with Crippen LogP contribution in [-0.4, -0.2) is 25.2 Å². The van der Waals surface area contributed by atoms with E-state index in [1.165, 1.54) is 0 Å². The lowest BCUT2D eigenvalue weighted by atomic mass is 10.1. The van der Waals surface area contributed by atoms with Gasteiger partial charge in [0.05, 0.1) is 20.6 Å². The van der Waals surface area contributed by atoms with E-state index >= 15 is 0 Å². The third-order valence-electron chi connectivity index (χ3n) is 3.26. The van der Waals surface area contributed by atoms with Crippen LogP contribution in [0.2, 0.25) is 0 Å². The van der Waals surface area contributed by atoms with Crippen LogP contribution in [0, 0.1) is 0 Å².